The quantitative estimate of drug-likeness (QED) is 0.877. The van der Waals surface area contributed by atoms with Crippen LogP contribution in [0.4, 0.5) is 0 Å². The third-order valence-corrected chi connectivity index (χ3v) is 5.44. The van der Waals surface area contributed by atoms with E-state index in [0.717, 1.165) is 16.9 Å². The van der Waals surface area contributed by atoms with E-state index in [1.165, 1.54) is 6.07 Å². The van der Waals surface area contributed by atoms with E-state index in [1.807, 2.05) is 13.0 Å². The summed E-state index contributed by atoms with van der Waals surface area (Å²) in [6.07, 6.45) is 2.37. The number of nitrogens with one attached hydrogen (secondary N) is 1. The predicted octanol–water partition coefficient (Wildman–Crippen LogP) is 1.24. The van der Waals surface area contributed by atoms with Crippen molar-refractivity contribution in [2.45, 2.75) is 31.2 Å². The molecule has 2 aromatic rings. The van der Waals surface area contributed by atoms with Gasteiger partial charge in [-0.3, -0.25) is 4.79 Å². The number of amides is 1. The molecule has 0 bridgehead atoms. The molecule has 0 fully saturated rings. The van der Waals surface area contributed by atoms with Crippen LogP contribution >= 0.6 is 0 Å². The summed E-state index contributed by atoms with van der Waals surface area (Å²) in [7, 11) is -3.59. The van der Waals surface area contributed by atoms with Crippen molar-refractivity contribution in [3.8, 4) is 0 Å². The Hall–Kier alpha value is -2.19. The average Bonchev–Trinajstić information content (AvgIpc) is 3.02. The summed E-state index contributed by atoms with van der Waals surface area (Å²) in [4.78, 5) is 14.2. The third-order valence-electron chi connectivity index (χ3n) is 3.98. The zero-order chi connectivity index (χ0) is 17.2. The standard InChI is InChI=1S/C16H19N3O4S/c1-12-3-2-4-14(9-12)24(21,22)18-7-5-16(20)19-8-6-15-13(11-19)10-17-23-15/h2-4,9-10,18H,5-8,11H2,1H3. The normalized spacial score (nSPS) is 14.5. The zero-order valence-corrected chi connectivity index (χ0v) is 14.2. The van der Waals surface area contributed by atoms with Gasteiger partial charge in [0.15, 0.2) is 0 Å². The lowest BCUT2D eigenvalue weighted by Gasteiger charge is -2.25. The molecule has 0 radical (unpaired) electrons. The maximum absolute atomic E-state index is 12.2. The van der Waals surface area contributed by atoms with E-state index in [0.29, 0.717) is 19.5 Å². The van der Waals surface area contributed by atoms with E-state index >= 15 is 0 Å². The van der Waals surface area contributed by atoms with Gasteiger partial charge in [-0.2, -0.15) is 0 Å². The summed E-state index contributed by atoms with van der Waals surface area (Å²) >= 11 is 0. The van der Waals surface area contributed by atoms with Crippen molar-refractivity contribution in [1.29, 1.82) is 0 Å². The number of carbonyl (C=O) groups excluding carboxylic acids is 1. The van der Waals surface area contributed by atoms with Gasteiger partial charge in [0.25, 0.3) is 0 Å². The van der Waals surface area contributed by atoms with Crippen molar-refractivity contribution in [2.75, 3.05) is 13.1 Å². The van der Waals surface area contributed by atoms with Crippen LogP contribution < -0.4 is 4.72 Å². The van der Waals surface area contributed by atoms with Crippen molar-refractivity contribution in [3.63, 3.8) is 0 Å². The Kier molecular flexibility index (Phi) is 4.68. The van der Waals surface area contributed by atoms with Gasteiger partial charge in [0.1, 0.15) is 5.76 Å². The number of rotatable bonds is 5. The number of benzene rings is 1. The number of hydrogen-bond acceptors (Lipinski definition) is 5. The number of aryl methyl sites for hydroxylation is 1. The fourth-order valence-electron chi connectivity index (χ4n) is 2.67. The molecule has 2 heterocycles. The largest absolute Gasteiger partial charge is 0.361 e. The van der Waals surface area contributed by atoms with Crippen molar-refractivity contribution in [2.24, 2.45) is 0 Å². The fraction of sp³-hybridized carbons (Fsp3) is 0.375. The number of nitrogens with zero attached hydrogens (tertiary/aromatic N) is 2. The number of fused-ring (bicyclic) bond motifs is 1. The molecule has 8 heteroatoms. The Morgan fingerprint density at radius 3 is 3.04 bits per heavy atom. The Balaban J connectivity index is 1.54. The second kappa shape index (κ2) is 6.74. The molecule has 1 aromatic carbocycles. The first-order valence-corrected chi connectivity index (χ1v) is 9.20. The first kappa shape index (κ1) is 16.7. The van der Waals surface area contributed by atoms with Crippen LogP contribution in [-0.4, -0.2) is 37.5 Å². The van der Waals surface area contributed by atoms with E-state index in [1.54, 1.807) is 23.2 Å². The molecule has 0 atom stereocenters. The molecule has 0 unspecified atom stereocenters. The van der Waals surface area contributed by atoms with Gasteiger partial charge in [0, 0.05) is 31.5 Å². The second-order valence-corrected chi connectivity index (χ2v) is 7.57. The highest BCUT2D eigenvalue weighted by Gasteiger charge is 2.23. The zero-order valence-electron chi connectivity index (χ0n) is 13.4. The van der Waals surface area contributed by atoms with Gasteiger partial charge in [-0.15, -0.1) is 0 Å². The van der Waals surface area contributed by atoms with Crippen LogP contribution in [0.1, 0.15) is 23.3 Å². The Morgan fingerprint density at radius 2 is 2.25 bits per heavy atom. The monoisotopic (exact) mass is 349 g/mol. The van der Waals surface area contributed by atoms with Crippen LogP contribution in [0.3, 0.4) is 0 Å². The minimum atomic E-state index is -3.59. The minimum Gasteiger partial charge on any atom is -0.361 e. The van der Waals surface area contributed by atoms with E-state index < -0.39 is 10.0 Å². The first-order valence-electron chi connectivity index (χ1n) is 7.72. The van der Waals surface area contributed by atoms with Crippen molar-refractivity contribution >= 4 is 15.9 Å². The molecule has 128 valence electrons. The molecular weight excluding hydrogens is 330 g/mol. The summed E-state index contributed by atoms with van der Waals surface area (Å²) < 4.78 is 32.0. The van der Waals surface area contributed by atoms with Gasteiger partial charge < -0.3 is 9.42 Å². The van der Waals surface area contributed by atoms with Crippen LogP contribution in [0.5, 0.6) is 0 Å². The fourth-order valence-corrected chi connectivity index (χ4v) is 3.81. The molecule has 0 saturated carbocycles. The highest BCUT2D eigenvalue weighted by Crippen LogP contribution is 2.18. The molecule has 3 rings (SSSR count). The van der Waals surface area contributed by atoms with E-state index in [9.17, 15) is 13.2 Å². The molecule has 0 aliphatic carbocycles. The van der Waals surface area contributed by atoms with Gasteiger partial charge in [-0.1, -0.05) is 17.3 Å². The molecule has 1 amide bonds. The van der Waals surface area contributed by atoms with Crippen LogP contribution in [0, 0.1) is 6.92 Å². The van der Waals surface area contributed by atoms with Gasteiger partial charge in [0.2, 0.25) is 15.9 Å². The summed E-state index contributed by atoms with van der Waals surface area (Å²) in [6.45, 7) is 2.92. The number of hydrogen-bond donors (Lipinski definition) is 1. The smallest absolute Gasteiger partial charge is 0.240 e. The second-order valence-electron chi connectivity index (χ2n) is 5.80. The molecule has 0 saturated heterocycles. The van der Waals surface area contributed by atoms with E-state index in [4.69, 9.17) is 4.52 Å². The van der Waals surface area contributed by atoms with Crippen molar-refractivity contribution in [3.05, 3.63) is 47.3 Å². The molecule has 1 N–H and O–H groups in total. The van der Waals surface area contributed by atoms with Crippen molar-refractivity contribution in [1.82, 2.24) is 14.8 Å². The maximum Gasteiger partial charge on any atom is 0.240 e. The molecule has 24 heavy (non-hydrogen) atoms. The lowest BCUT2D eigenvalue weighted by molar-refractivity contribution is -0.132. The third kappa shape index (κ3) is 3.65. The van der Waals surface area contributed by atoms with E-state index in [-0.39, 0.29) is 23.8 Å². The maximum atomic E-state index is 12.2. The number of sulfonamides is 1. The topological polar surface area (TPSA) is 92.5 Å². The Morgan fingerprint density at radius 1 is 1.42 bits per heavy atom. The van der Waals surface area contributed by atoms with Gasteiger partial charge in [-0.25, -0.2) is 13.1 Å². The Bertz CT molecular complexity index is 845. The number of carbonyl (C=O) groups is 1. The first-order chi connectivity index (χ1) is 11.5. The van der Waals surface area contributed by atoms with Gasteiger partial charge in [-0.05, 0) is 24.6 Å². The molecule has 1 aromatic heterocycles. The lowest BCUT2D eigenvalue weighted by atomic mass is 10.1. The van der Waals surface area contributed by atoms with E-state index in [2.05, 4.69) is 9.88 Å². The van der Waals surface area contributed by atoms with Crippen LogP contribution in [0.2, 0.25) is 0 Å². The molecule has 7 nitrogen and oxygen atoms in total. The van der Waals surface area contributed by atoms with Gasteiger partial charge in [0.05, 0.1) is 17.6 Å². The van der Waals surface area contributed by atoms with Crippen molar-refractivity contribution < 1.29 is 17.7 Å². The summed E-state index contributed by atoms with van der Waals surface area (Å²) in [5.74, 6) is 0.730. The average molecular weight is 349 g/mol. The predicted molar refractivity (Wildman–Crippen MR) is 86.6 cm³/mol. The summed E-state index contributed by atoms with van der Waals surface area (Å²) in [6, 6.07) is 6.66. The highest BCUT2D eigenvalue weighted by atomic mass is 32.2. The molecule has 0 spiro atoms. The highest BCUT2D eigenvalue weighted by molar-refractivity contribution is 7.89. The van der Waals surface area contributed by atoms with Gasteiger partial charge >= 0.3 is 0 Å². The summed E-state index contributed by atoms with van der Waals surface area (Å²) in [5, 5.41) is 3.73. The Labute approximate surface area is 140 Å². The minimum absolute atomic E-state index is 0.0715. The SMILES string of the molecule is Cc1cccc(S(=O)(=O)NCCC(=O)N2CCc3oncc3C2)c1. The molecule has 1 aliphatic heterocycles. The molecular formula is C16H19N3O4S. The van der Waals surface area contributed by atoms with Crippen LogP contribution in [-0.2, 0) is 27.8 Å². The number of aromatic nitrogens is 1. The van der Waals surface area contributed by atoms with Crippen LogP contribution in [0.15, 0.2) is 39.9 Å². The lowest BCUT2D eigenvalue weighted by Crippen LogP contribution is -2.37. The molecule has 1 aliphatic rings. The summed E-state index contributed by atoms with van der Waals surface area (Å²) in [5.41, 5.74) is 1.78. The van der Waals surface area contributed by atoms with Crippen LogP contribution in [0.25, 0.3) is 0 Å².